The SMILES string of the molecule is CCOC(=O)C1=C(C)N=c2s/c(=C/c3ccc(Cl)cc3)c(=O)n2[C@H]1c1ccc(OC(C)=O)cc1. The Hall–Kier alpha value is -3.49. The summed E-state index contributed by atoms with van der Waals surface area (Å²) in [6.07, 6.45) is 1.77. The van der Waals surface area contributed by atoms with Crippen LogP contribution in [0.3, 0.4) is 0 Å². The number of carbonyl (C=O) groups excluding carboxylic acids is 2. The third kappa shape index (κ3) is 4.73. The van der Waals surface area contributed by atoms with Gasteiger partial charge in [0.05, 0.1) is 28.5 Å². The van der Waals surface area contributed by atoms with E-state index in [1.165, 1.54) is 22.8 Å². The molecule has 9 heteroatoms. The van der Waals surface area contributed by atoms with Crippen LogP contribution in [0.25, 0.3) is 6.08 Å². The number of aromatic nitrogens is 1. The smallest absolute Gasteiger partial charge is 0.338 e. The van der Waals surface area contributed by atoms with E-state index in [1.54, 1.807) is 56.3 Å². The van der Waals surface area contributed by atoms with Crippen LogP contribution in [0, 0.1) is 0 Å². The molecule has 1 aliphatic heterocycles. The maximum atomic E-state index is 13.5. The Morgan fingerprint density at radius 1 is 1.15 bits per heavy atom. The van der Waals surface area contributed by atoms with Crippen molar-refractivity contribution in [2.24, 2.45) is 4.99 Å². The maximum absolute atomic E-state index is 13.5. The van der Waals surface area contributed by atoms with Gasteiger partial charge in [-0.25, -0.2) is 9.79 Å². The normalized spacial score (nSPS) is 15.5. The first kappa shape index (κ1) is 23.7. The summed E-state index contributed by atoms with van der Waals surface area (Å²) in [7, 11) is 0. The van der Waals surface area contributed by atoms with Crippen molar-refractivity contribution in [2.75, 3.05) is 6.61 Å². The van der Waals surface area contributed by atoms with Gasteiger partial charge in [-0.2, -0.15) is 0 Å². The number of benzene rings is 2. The molecule has 0 unspecified atom stereocenters. The van der Waals surface area contributed by atoms with Gasteiger partial charge in [-0.1, -0.05) is 47.2 Å². The summed E-state index contributed by atoms with van der Waals surface area (Å²) < 4.78 is 12.4. The lowest BCUT2D eigenvalue weighted by Crippen LogP contribution is -2.39. The van der Waals surface area contributed by atoms with E-state index in [4.69, 9.17) is 21.1 Å². The second-order valence-electron chi connectivity index (χ2n) is 7.52. The molecule has 0 spiro atoms. The molecule has 2 aromatic carbocycles. The van der Waals surface area contributed by atoms with Crippen molar-refractivity contribution >= 4 is 41.0 Å². The zero-order chi connectivity index (χ0) is 24.4. The number of fused-ring (bicyclic) bond motifs is 1. The monoisotopic (exact) mass is 496 g/mol. The topological polar surface area (TPSA) is 87.0 Å². The molecule has 7 nitrogen and oxygen atoms in total. The van der Waals surface area contributed by atoms with E-state index in [0.717, 1.165) is 5.56 Å². The molecule has 0 amide bonds. The summed E-state index contributed by atoms with van der Waals surface area (Å²) in [5.74, 6) is -0.611. The van der Waals surface area contributed by atoms with Gasteiger partial charge in [0, 0.05) is 11.9 Å². The minimum Gasteiger partial charge on any atom is -0.463 e. The van der Waals surface area contributed by atoms with Gasteiger partial charge in [0.15, 0.2) is 4.80 Å². The molecule has 0 saturated heterocycles. The number of hydrogen-bond donors (Lipinski definition) is 0. The highest BCUT2D eigenvalue weighted by atomic mass is 35.5. The van der Waals surface area contributed by atoms with Crippen LogP contribution >= 0.6 is 22.9 Å². The van der Waals surface area contributed by atoms with Crippen LogP contribution in [0.15, 0.2) is 69.6 Å². The first-order chi connectivity index (χ1) is 16.3. The van der Waals surface area contributed by atoms with Crippen molar-refractivity contribution in [3.63, 3.8) is 0 Å². The van der Waals surface area contributed by atoms with E-state index in [-0.39, 0.29) is 17.7 Å². The number of allylic oxidation sites excluding steroid dienone is 1. The number of thiazole rings is 1. The summed E-state index contributed by atoms with van der Waals surface area (Å²) in [4.78, 5) is 42.7. The molecule has 0 aliphatic carbocycles. The fraction of sp³-hybridized carbons (Fsp3) is 0.200. The molecule has 1 aliphatic rings. The molecule has 0 fully saturated rings. The quantitative estimate of drug-likeness (QED) is 0.399. The highest BCUT2D eigenvalue weighted by molar-refractivity contribution is 7.07. The third-order valence-corrected chi connectivity index (χ3v) is 6.38. The highest BCUT2D eigenvalue weighted by Gasteiger charge is 2.33. The fourth-order valence-corrected chi connectivity index (χ4v) is 4.87. The number of hydrogen-bond acceptors (Lipinski definition) is 7. The molecule has 4 rings (SSSR count). The van der Waals surface area contributed by atoms with Gasteiger partial charge >= 0.3 is 11.9 Å². The molecule has 2 heterocycles. The zero-order valence-corrected chi connectivity index (χ0v) is 20.3. The number of rotatable bonds is 5. The lowest BCUT2D eigenvalue weighted by atomic mass is 9.96. The minimum absolute atomic E-state index is 0.189. The van der Waals surface area contributed by atoms with Crippen LogP contribution < -0.4 is 19.6 Å². The van der Waals surface area contributed by atoms with E-state index in [1.807, 2.05) is 12.1 Å². The Balaban J connectivity index is 1.89. The van der Waals surface area contributed by atoms with Crippen LogP contribution in [0.4, 0.5) is 0 Å². The number of esters is 2. The lowest BCUT2D eigenvalue weighted by Gasteiger charge is -2.24. The van der Waals surface area contributed by atoms with E-state index in [0.29, 0.717) is 31.4 Å². The van der Waals surface area contributed by atoms with Crippen LogP contribution in [0.2, 0.25) is 5.02 Å². The van der Waals surface area contributed by atoms with Crippen molar-refractivity contribution in [3.05, 3.63) is 95.6 Å². The predicted molar refractivity (Wildman–Crippen MR) is 130 cm³/mol. The lowest BCUT2D eigenvalue weighted by molar-refractivity contribution is -0.139. The zero-order valence-electron chi connectivity index (χ0n) is 18.7. The predicted octanol–water partition coefficient (Wildman–Crippen LogP) is 3.38. The second kappa shape index (κ2) is 9.79. The van der Waals surface area contributed by atoms with E-state index in [2.05, 4.69) is 4.99 Å². The first-order valence-corrected chi connectivity index (χ1v) is 11.7. The Morgan fingerprint density at radius 2 is 1.82 bits per heavy atom. The molecule has 0 bridgehead atoms. The third-order valence-electron chi connectivity index (χ3n) is 5.14. The molecule has 0 radical (unpaired) electrons. The van der Waals surface area contributed by atoms with E-state index >= 15 is 0 Å². The van der Waals surface area contributed by atoms with Crippen LogP contribution in [-0.2, 0) is 14.3 Å². The largest absolute Gasteiger partial charge is 0.463 e. The Morgan fingerprint density at radius 3 is 2.44 bits per heavy atom. The van der Waals surface area contributed by atoms with Gasteiger partial charge in [-0.05, 0) is 55.3 Å². The molecule has 0 saturated carbocycles. The average Bonchev–Trinajstić information content (AvgIpc) is 3.09. The summed E-state index contributed by atoms with van der Waals surface area (Å²) in [6, 6.07) is 13.1. The van der Waals surface area contributed by atoms with Gasteiger partial charge in [-0.3, -0.25) is 14.2 Å². The minimum atomic E-state index is -0.742. The number of carbonyl (C=O) groups is 2. The molecular weight excluding hydrogens is 476 g/mol. The Bertz CT molecular complexity index is 1470. The van der Waals surface area contributed by atoms with Crippen molar-refractivity contribution in [2.45, 2.75) is 26.8 Å². The Labute approximate surface area is 204 Å². The van der Waals surface area contributed by atoms with Gasteiger partial charge in [0.2, 0.25) is 0 Å². The van der Waals surface area contributed by atoms with Gasteiger partial charge in [-0.15, -0.1) is 0 Å². The van der Waals surface area contributed by atoms with Crippen molar-refractivity contribution in [1.82, 2.24) is 4.57 Å². The molecule has 0 N–H and O–H groups in total. The summed E-state index contributed by atoms with van der Waals surface area (Å²) in [5, 5.41) is 0.602. The summed E-state index contributed by atoms with van der Waals surface area (Å²) >= 11 is 7.21. The van der Waals surface area contributed by atoms with Crippen LogP contribution in [-0.4, -0.2) is 23.1 Å². The molecular formula is C25H21ClN2O5S. The maximum Gasteiger partial charge on any atom is 0.338 e. The van der Waals surface area contributed by atoms with Crippen molar-refractivity contribution < 1.29 is 19.1 Å². The highest BCUT2D eigenvalue weighted by Crippen LogP contribution is 2.31. The van der Waals surface area contributed by atoms with Gasteiger partial charge < -0.3 is 9.47 Å². The van der Waals surface area contributed by atoms with Crippen LogP contribution in [0.5, 0.6) is 5.75 Å². The molecule has 1 aromatic heterocycles. The molecule has 34 heavy (non-hydrogen) atoms. The van der Waals surface area contributed by atoms with Gasteiger partial charge in [0.25, 0.3) is 5.56 Å². The Kier molecular flexibility index (Phi) is 6.81. The van der Waals surface area contributed by atoms with E-state index < -0.39 is 18.0 Å². The number of nitrogens with zero attached hydrogens (tertiary/aromatic N) is 2. The van der Waals surface area contributed by atoms with E-state index in [9.17, 15) is 14.4 Å². The van der Waals surface area contributed by atoms with Crippen molar-refractivity contribution in [3.8, 4) is 5.75 Å². The van der Waals surface area contributed by atoms with Crippen LogP contribution in [0.1, 0.15) is 37.9 Å². The molecule has 3 aromatic rings. The molecule has 1 atom stereocenters. The summed E-state index contributed by atoms with van der Waals surface area (Å²) in [6.45, 7) is 4.95. The average molecular weight is 497 g/mol. The molecule has 174 valence electrons. The van der Waals surface area contributed by atoms with Crippen molar-refractivity contribution in [1.29, 1.82) is 0 Å². The number of ether oxygens (including phenoxy) is 2. The standard InChI is InChI=1S/C25H21ClN2O5S/c1-4-32-24(31)21-14(2)27-25-28(22(21)17-7-11-19(12-8-17)33-15(3)29)23(30)20(34-25)13-16-5-9-18(26)10-6-16/h5-13,22H,4H2,1-3H3/b20-13+/t22-/m0/s1. The first-order valence-electron chi connectivity index (χ1n) is 10.5. The fourth-order valence-electron chi connectivity index (χ4n) is 3.70. The second-order valence-corrected chi connectivity index (χ2v) is 8.96. The number of halogens is 1. The van der Waals surface area contributed by atoms with Gasteiger partial charge in [0.1, 0.15) is 5.75 Å². The summed E-state index contributed by atoms with van der Waals surface area (Å²) in [5.41, 5.74) is 1.96.